The van der Waals surface area contributed by atoms with E-state index in [0.29, 0.717) is 0 Å². The third-order valence-corrected chi connectivity index (χ3v) is 2.66. The van der Waals surface area contributed by atoms with Crippen LogP contribution in [-0.4, -0.2) is 32.5 Å². The quantitative estimate of drug-likeness (QED) is 0.369. The summed E-state index contributed by atoms with van der Waals surface area (Å²) in [4.78, 5) is 13.1. The van der Waals surface area contributed by atoms with Crippen molar-refractivity contribution < 1.29 is 37.0 Å². The Kier molecular flexibility index (Phi) is 7.74. The molecule has 3 aromatic rings. The van der Waals surface area contributed by atoms with Gasteiger partial charge in [-0.05, 0) is 36.4 Å². The predicted molar refractivity (Wildman–Crippen MR) is 81.2 cm³/mol. The Morgan fingerprint density at radius 3 is 1.71 bits per heavy atom. The molecule has 0 bridgehead atoms. The summed E-state index contributed by atoms with van der Waals surface area (Å²) in [5.41, 5.74) is 3.62. The van der Waals surface area contributed by atoms with E-state index in [-0.39, 0.29) is 19.5 Å². The van der Waals surface area contributed by atoms with Gasteiger partial charge in [0.25, 0.3) is 0 Å². The van der Waals surface area contributed by atoms with Gasteiger partial charge >= 0.3 is 19.5 Å². The number of hydrogen-bond donors (Lipinski definition) is 0. The van der Waals surface area contributed by atoms with Gasteiger partial charge in [-0.3, -0.25) is 23.4 Å². The second-order valence-corrected chi connectivity index (χ2v) is 5.05. The van der Waals surface area contributed by atoms with Crippen molar-refractivity contribution >= 4 is 10.4 Å². The molecule has 9 heteroatoms. The minimum atomic E-state index is -5.17. The van der Waals surface area contributed by atoms with Crippen molar-refractivity contribution in [2.45, 2.75) is 0 Å². The van der Waals surface area contributed by atoms with Crippen molar-refractivity contribution in [3.8, 4) is 22.6 Å². The molecule has 0 aromatic carbocycles. The molecule has 0 radical (unpaired) electrons. The molecule has 7 nitrogen and oxygen atoms in total. The van der Waals surface area contributed by atoms with Crippen LogP contribution in [-0.2, 0) is 29.9 Å². The fourth-order valence-electron chi connectivity index (χ4n) is 1.84. The predicted octanol–water partition coefficient (Wildman–Crippen LogP) is 1.87. The Labute approximate surface area is 152 Å². The Morgan fingerprint density at radius 1 is 0.708 bits per heavy atom. The standard InChI is InChI=1S/C15H11N3.H2O4S.Zn/c1-3-9-16-13(7-1)12-6-5-11-18-15(12)14-8-2-4-10-17-14;1-5(2,3)4;/h1-11H;(H2,1,2,3,4);/q;;+2/p-2. The summed E-state index contributed by atoms with van der Waals surface area (Å²) >= 11 is 0. The molecule has 3 rings (SSSR count). The molecule has 0 atom stereocenters. The minimum Gasteiger partial charge on any atom is -0.759 e. The molecule has 0 amide bonds. The molecule has 0 aliphatic carbocycles. The van der Waals surface area contributed by atoms with Gasteiger partial charge in [0.1, 0.15) is 0 Å². The maximum absolute atomic E-state index is 8.52. The molecule has 0 fully saturated rings. The van der Waals surface area contributed by atoms with E-state index >= 15 is 0 Å². The molecule has 24 heavy (non-hydrogen) atoms. The Balaban J connectivity index is 0.000000425. The summed E-state index contributed by atoms with van der Waals surface area (Å²) in [5.74, 6) is 0. The van der Waals surface area contributed by atoms with Crippen LogP contribution < -0.4 is 0 Å². The van der Waals surface area contributed by atoms with Gasteiger partial charge in [-0.15, -0.1) is 0 Å². The van der Waals surface area contributed by atoms with E-state index in [1.54, 1.807) is 18.6 Å². The fraction of sp³-hybridized carbons (Fsp3) is 0. The molecular weight excluding hydrogens is 384 g/mol. The molecule has 0 N–H and O–H groups in total. The number of hydrogen-bond acceptors (Lipinski definition) is 7. The van der Waals surface area contributed by atoms with Gasteiger partial charge in [0.05, 0.1) is 17.1 Å². The van der Waals surface area contributed by atoms with Crippen LogP contribution in [0.1, 0.15) is 0 Å². The average Bonchev–Trinajstić information content (AvgIpc) is 2.55. The van der Waals surface area contributed by atoms with Gasteiger partial charge in [0.15, 0.2) is 0 Å². The third-order valence-electron chi connectivity index (χ3n) is 2.66. The number of nitrogens with zero attached hydrogens (tertiary/aromatic N) is 3. The van der Waals surface area contributed by atoms with E-state index in [4.69, 9.17) is 17.5 Å². The molecule has 0 saturated heterocycles. The van der Waals surface area contributed by atoms with Crippen LogP contribution >= 0.6 is 0 Å². The second kappa shape index (κ2) is 9.29. The molecule has 118 valence electrons. The topological polar surface area (TPSA) is 119 Å². The van der Waals surface area contributed by atoms with Gasteiger partial charge in [-0.1, -0.05) is 12.1 Å². The molecule has 0 unspecified atom stereocenters. The first-order valence-electron chi connectivity index (χ1n) is 6.39. The van der Waals surface area contributed by atoms with Crippen molar-refractivity contribution in [3.05, 3.63) is 67.1 Å². The van der Waals surface area contributed by atoms with Gasteiger partial charge in [-0.25, -0.2) is 0 Å². The molecule has 0 spiro atoms. The zero-order chi connectivity index (χ0) is 16.7. The summed E-state index contributed by atoms with van der Waals surface area (Å²) in [6, 6.07) is 15.6. The van der Waals surface area contributed by atoms with Crippen molar-refractivity contribution in [1.82, 2.24) is 15.0 Å². The molecule has 3 heterocycles. The van der Waals surface area contributed by atoms with E-state index in [2.05, 4.69) is 15.0 Å². The van der Waals surface area contributed by atoms with E-state index in [1.165, 1.54) is 0 Å². The minimum absolute atomic E-state index is 0. The smallest absolute Gasteiger partial charge is 0.759 e. The van der Waals surface area contributed by atoms with Gasteiger partial charge in [-0.2, -0.15) is 0 Å². The number of aromatic nitrogens is 3. The van der Waals surface area contributed by atoms with E-state index < -0.39 is 10.4 Å². The van der Waals surface area contributed by atoms with Crippen molar-refractivity contribution in [2.75, 3.05) is 0 Å². The zero-order valence-corrected chi connectivity index (χ0v) is 16.2. The fourth-order valence-corrected chi connectivity index (χ4v) is 1.84. The van der Waals surface area contributed by atoms with Crippen LogP contribution in [0.5, 0.6) is 0 Å². The third kappa shape index (κ3) is 6.59. The van der Waals surface area contributed by atoms with E-state index in [1.807, 2.05) is 48.5 Å². The second-order valence-electron chi connectivity index (χ2n) is 4.24. The summed E-state index contributed by atoms with van der Waals surface area (Å²) < 4.78 is 34.1. The Bertz CT molecular complexity index is 796. The molecule has 3 aromatic heterocycles. The molecular formula is C15H11N3O4SZn. The Morgan fingerprint density at radius 2 is 1.21 bits per heavy atom. The van der Waals surface area contributed by atoms with Crippen molar-refractivity contribution in [2.24, 2.45) is 0 Å². The summed E-state index contributed by atoms with van der Waals surface area (Å²) in [6.07, 6.45) is 5.33. The van der Waals surface area contributed by atoms with Crippen LogP contribution in [0.2, 0.25) is 0 Å². The monoisotopic (exact) mass is 393 g/mol. The van der Waals surface area contributed by atoms with Crippen LogP contribution in [0.3, 0.4) is 0 Å². The molecule has 0 aliphatic rings. The largest absolute Gasteiger partial charge is 2.00 e. The average molecular weight is 395 g/mol. The SMILES string of the molecule is O=S(=O)([O-])[O-].[Zn+2].c1ccc(-c2cccnc2-c2ccccn2)nc1. The van der Waals surface area contributed by atoms with Crippen molar-refractivity contribution in [1.29, 1.82) is 0 Å². The van der Waals surface area contributed by atoms with Gasteiger partial charge in [0.2, 0.25) is 0 Å². The van der Waals surface area contributed by atoms with Crippen molar-refractivity contribution in [3.63, 3.8) is 0 Å². The number of rotatable bonds is 2. The van der Waals surface area contributed by atoms with Crippen LogP contribution in [0.15, 0.2) is 67.1 Å². The Hall–Kier alpha value is -2.06. The zero-order valence-electron chi connectivity index (χ0n) is 12.4. The first-order valence-corrected chi connectivity index (χ1v) is 7.73. The first kappa shape index (κ1) is 20.0. The molecule has 0 aliphatic heterocycles. The number of pyridine rings is 3. The first-order chi connectivity index (χ1) is 10.9. The maximum atomic E-state index is 8.52. The van der Waals surface area contributed by atoms with Crippen LogP contribution in [0.25, 0.3) is 22.6 Å². The van der Waals surface area contributed by atoms with E-state index in [0.717, 1.165) is 22.6 Å². The van der Waals surface area contributed by atoms with Crippen LogP contribution in [0, 0.1) is 0 Å². The summed E-state index contributed by atoms with van der Waals surface area (Å²) in [6.45, 7) is 0. The maximum Gasteiger partial charge on any atom is 2.00 e. The van der Waals surface area contributed by atoms with Gasteiger partial charge in [0, 0.05) is 34.6 Å². The van der Waals surface area contributed by atoms with Gasteiger partial charge < -0.3 is 9.11 Å². The molecule has 0 saturated carbocycles. The van der Waals surface area contributed by atoms with E-state index in [9.17, 15) is 0 Å². The summed E-state index contributed by atoms with van der Waals surface area (Å²) in [7, 11) is -5.17. The summed E-state index contributed by atoms with van der Waals surface area (Å²) in [5, 5.41) is 0. The van der Waals surface area contributed by atoms with Crippen LogP contribution in [0.4, 0.5) is 0 Å². The normalized spacial score (nSPS) is 10.1.